The monoisotopic (exact) mass is 213 g/mol. The number of hydrogen-bond donors (Lipinski definition) is 1. The molecule has 0 aromatic carbocycles. The molecule has 2 rings (SSSR count). The second-order valence-corrected chi connectivity index (χ2v) is 3.57. The Morgan fingerprint density at radius 1 is 1.47 bits per heavy atom. The Labute approximate surface area is 87.6 Å². The van der Waals surface area contributed by atoms with Crippen molar-refractivity contribution < 1.29 is 9.84 Å². The lowest BCUT2D eigenvalue weighted by Crippen LogP contribution is -2.39. The van der Waals surface area contributed by atoms with Gasteiger partial charge in [0.25, 0.3) is 0 Å². The van der Waals surface area contributed by atoms with E-state index in [1.165, 1.54) is 4.80 Å². The molecule has 0 saturated carbocycles. The molecule has 7 heteroatoms. The molecule has 1 aromatic rings. The van der Waals surface area contributed by atoms with E-state index in [1.54, 1.807) is 7.05 Å². The summed E-state index contributed by atoms with van der Waals surface area (Å²) in [5.74, 6) is 0.379. The van der Waals surface area contributed by atoms with Crippen LogP contribution < -0.4 is 0 Å². The van der Waals surface area contributed by atoms with E-state index < -0.39 is 6.10 Å². The smallest absolute Gasteiger partial charge is 0.204 e. The fourth-order valence-corrected chi connectivity index (χ4v) is 1.54. The molecule has 1 saturated heterocycles. The Morgan fingerprint density at radius 2 is 2.20 bits per heavy atom. The van der Waals surface area contributed by atoms with Crippen molar-refractivity contribution in [3.63, 3.8) is 0 Å². The Balaban J connectivity index is 1.88. The third kappa shape index (κ3) is 2.71. The van der Waals surface area contributed by atoms with E-state index >= 15 is 0 Å². The van der Waals surface area contributed by atoms with Gasteiger partial charge in [0, 0.05) is 19.6 Å². The molecule has 2 heterocycles. The van der Waals surface area contributed by atoms with Crippen LogP contribution in [-0.2, 0) is 11.8 Å². The highest BCUT2D eigenvalue weighted by molar-refractivity contribution is 4.86. The van der Waals surface area contributed by atoms with Gasteiger partial charge in [0.05, 0.1) is 20.3 Å². The first-order valence-corrected chi connectivity index (χ1v) is 4.98. The van der Waals surface area contributed by atoms with Crippen LogP contribution in [0.4, 0.5) is 0 Å². The standard InChI is InChI=1S/C8H15N5O2/c1-12-10-8(9-11-12)7(14)6-13-2-4-15-5-3-13/h7,14H,2-6H2,1H3/t7-/m1/s1. The van der Waals surface area contributed by atoms with Crippen LogP contribution in [0.3, 0.4) is 0 Å². The molecule has 1 atom stereocenters. The molecule has 84 valence electrons. The fraction of sp³-hybridized carbons (Fsp3) is 0.875. The normalized spacial score (nSPS) is 20.4. The van der Waals surface area contributed by atoms with Crippen LogP contribution in [-0.4, -0.2) is 63.1 Å². The van der Waals surface area contributed by atoms with Crippen molar-refractivity contribution in [2.75, 3.05) is 32.8 Å². The molecule has 0 bridgehead atoms. The third-order valence-electron chi connectivity index (χ3n) is 2.36. The first kappa shape index (κ1) is 10.5. The highest BCUT2D eigenvalue weighted by Gasteiger charge is 2.19. The Kier molecular flexibility index (Phi) is 3.24. The summed E-state index contributed by atoms with van der Waals surface area (Å²) in [6.45, 7) is 3.67. The predicted molar refractivity (Wildman–Crippen MR) is 51.0 cm³/mol. The number of β-amino-alcohol motifs (C(OH)–C–C–N with tert-alkyl or cyclic N) is 1. The van der Waals surface area contributed by atoms with Gasteiger partial charge in [0.1, 0.15) is 6.10 Å². The highest BCUT2D eigenvalue weighted by atomic mass is 16.5. The second kappa shape index (κ2) is 4.65. The van der Waals surface area contributed by atoms with Gasteiger partial charge in [-0.2, -0.15) is 4.80 Å². The molecule has 0 radical (unpaired) electrons. The first-order valence-electron chi connectivity index (χ1n) is 4.98. The number of hydrogen-bond acceptors (Lipinski definition) is 6. The minimum atomic E-state index is -0.670. The average Bonchev–Trinajstić information content (AvgIpc) is 2.66. The summed E-state index contributed by atoms with van der Waals surface area (Å²) in [5.41, 5.74) is 0. The molecule has 1 aliphatic heterocycles. The summed E-state index contributed by atoms with van der Waals surface area (Å²) in [6, 6.07) is 0. The molecule has 7 nitrogen and oxygen atoms in total. The van der Waals surface area contributed by atoms with Gasteiger partial charge in [-0.1, -0.05) is 0 Å². The maximum Gasteiger partial charge on any atom is 0.204 e. The Morgan fingerprint density at radius 3 is 2.80 bits per heavy atom. The lowest BCUT2D eigenvalue weighted by Gasteiger charge is -2.27. The van der Waals surface area contributed by atoms with Crippen LogP contribution in [0.1, 0.15) is 11.9 Å². The predicted octanol–water partition coefficient (Wildman–Crippen LogP) is -1.42. The SMILES string of the molecule is Cn1nnc([C@H](O)CN2CCOCC2)n1. The number of rotatable bonds is 3. The van der Waals surface area contributed by atoms with Crippen LogP contribution in [0, 0.1) is 0 Å². The van der Waals surface area contributed by atoms with Gasteiger partial charge in [-0.25, -0.2) is 0 Å². The van der Waals surface area contributed by atoms with Gasteiger partial charge < -0.3 is 9.84 Å². The number of nitrogens with zero attached hydrogens (tertiary/aromatic N) is 5. The molecule has 15 heavy (non-hydrogen) atoms. The Bertz CT molecular complexity index is 310. The van der Waals surface area contributed by atoms with E-state index in [2.05, 4.69) is 20.3 Å². The van der Waals surface area contributed by atoms with Crippen molar-refractivity contribution in [3.05, 3.63) is 5.82 Å². The van der Waals surface area contributed by atoms with Gasteiger partial charge in [-0.15, -0.1) is 10.2 Å². The maximum atomic E-state index is 9.83. The molecular weight excluding hydrogens is 198 g/mol. The highest BCUT2D eigenvalue weighted by Crippen LogP contribution is 2.09. The number of morpholine rings is 1. The zero-order chi connectivity index (χ0) is 10.7. The first-order chi connectivity index (χ1) is 7.25. The van der Waals surface area contributed by atoms with E-state index in [0.29, 0.717) is 12.4 Å². The van der Waals surface area contributed by atoms with Crippen molar-refractivity contribution in [1.29, 1.82) is 0 Å². The summed E-state index contributed by atoms with van der Waals surface area (Å²) in [4.78, 5) is 3.47. The lowest BCUT2D eigenvalue weighted by atomic mass is 10.3. The van der Waals surface area contributed by atoms with Gasteiger partial charge in [-0.05, 0) is 5.21 Å². The quantitative estimate of drug-likeness (QED) is 0.664. The topological polar surface area (TPSA) is 76.3 Å². The largest absolute Gasteiger partial charge is 0.384 e. The fourth-order valence-electron chi connectivity index (χ4n) is 1.54. The van der Waals surface area contributed by atoms with Crippen molar-refractivity contribution in [3.8, 4) is 0 Å². The maximum absolute atomic E-state index is 9.83. The molecule has 0 aliphatic carbocycles. The van der Waals surface area contributed by atoms with E-state index in [0.717, 1.165) is 26.3 Å². The van der Waals surface area contributed by atoms with E-state index in [4.69, 9.17) is 4.74 Å². The molecule has 0 unspecified atom stereocenters. The molecule has 0 amide bonds. The molecular formula is C8H15N5O2. The molecule has 0 spiro atoms. The van der Waals surface area contributed by atoms with Crippen LogP contribution in [0.15, 0.2) is 0 Å². The minimum absolute atomic E-state index is 0.379. The summed E-state index contributed by atoms with van der Waals surface area (Å²) in [6.07, 6.45) is -0.670. The summed E-state index contributed by atoms with van der Waals surface area (Å²) in [7, 11) is 1.68. The number of aryl methyl sites for hydroxylation is 1. The van der Waals surface area contributed by atoms with E-state index in [-0.39, 0.29) is 0 Å². The molecule has 1 aromatic heterocycles. The van der Waals surface area contributed by atoms with Crippen molar-refractivity contribution in [2.24, 2.45) is 7.05 Å². The zero-order valence-electron chi connectivity index (χ0n) is 8.70. The second-order valence-electron chi connectivity index (χ2n) is 3.57. The summed E-state index contributed by atoms with van der Waals surface area (Å²) in [5, 5.41) is 21.2. The number of ether oxygens (including phenoxy) is 1. The van der Waals surface area contributed by atoms with E-state index in [9.17, 15) is 5.11 Å². The van der Waals surface area contributed by atoms with Gasteiger partial charge in [0.2, 0.25) is 5.82 Å². The molecule has 1 N–H and O–H groups in total. The van der Waals surface area contributed by atoms with Crippen LogP contribution in [0.2, 0.25) is 0 Å². The van der Waals surface area contributed by atoms with E-state index in [1.807, 2.05) is 0 Å². The Hall–Kier alpha value is -1.05. The number of tetrazole rings is 1. The summed E-state index contributed by atoms with van der Waals surface area (Å²) >= 11 is 0. The number of aliphatic hydroxyl groups excluding tert-OH is 1. The number of aromatic nitrogens is 4. The van der Waals surface area contributed by atoms with Crippen molar-refractivity contribution in [2.45, 2.75) is 6.10 Å². The van der Waals surface area contributed by atoms with Crippen molar-refractivity contribution >= 4 is 0 Å². The average molecular weight is 213 g/mol. The minimum Gasteiger partial charge on any atom is -0.384 e. The molecule has 1 aliphatic rings. The van der Waals surface area contributed by atoms with Gasteiger partial charge >= 0.3 is 0 Å². The lowest BCUT2D eigenvalue weighted by molar-refractivity contribution is 0.0126. The van der Waals surface area contributed by atoms with Gasteiger partial charge in [-0.3, -0.25) is 4.90 Å². The summed E-state index contributed by atoms with van der Waals surface area (Å²) < 4.78 is 5.22. The van der Waals surface area contributed by atoms with Gasteiger partial charge in [0.15, 0.2) is 0 Å². The number of aliphatic hydroxyl groups is 1. The third-order valence-corrected chi connectivity index (χ3v) is 2.36. The zero-order valence-corrected chi connectivity index (χ0v) is 8.70. The van der Waals surface area contributed by atoms with Crippen LogP contribution in [0.5, 0.6) is 0 Å². The van der Waals surface area contributed by atoms with Crippen LogP contribution >= 0.6 is 0 Å². The van der Waals surface area contributed by atoms with Crippen LogP contribution in [0.25, 0.3) is 0 Å². The molecule has 1 fully saturated rings. The van der Waals surface area contributed by atoms with Crippen molar-refractivity contribution in [1.82, 2.24) is 25.1 Å².